The van der Waals surface area contributed by atoms with Crippen molar-refractivity contribution in [1.29, 1.82) is 0 Å². The van der Waals surface area contributed by atoms with E-state index < -0.39 is 22.2 Å². The first-order valence-electron chi connectivity index (χ1n) is 4.47. The number of hydrogen-bond donors (Lipinski definition) is 3. The van der Waals surface area contributed by atoms with Crippen molar-refractivity contribution < 1.29 is 18.4 Å². The Morgan fingerprint density at radius 3 is 2.53 bits per heavy atom. The van der Waals surface area contributed by atoms with Gasteiger partial charge in [-0.15, -0.1) is 0 Å². The number of piperazine rings is 1. The van der Waals surface area contributed by atoms with Crippen LogP contribution < -0.4 is 10.8 Å². The smallest absolute Gasteiger partial charge is 0.265 e. The summed E-state index contributed by atoms with van der Waals surface area (Å²) in [6, 6.07) is -0.935. The molecule has 0 spiro atoms. The SMILES string of the molecule is O=C(NO)C(C=S(=O)=O)N1CCNCC1. The van der Waals surface area contributed by atoms with Crippen molar-refractivity contribution in [3.63, 3.8) is 0 Å². The van der Waals surface area contributed by atoms with E-state index in [4.69, 9.17) is 5.21 Å². The maximum atomic E-state index is 11.2. The van der Waals surface area contributed by atoms with Gasteiger partial charge in [0.1, 0.15) is 6.04 Å². The van der Waals surface area contributed by atoms with Crippen molar-refractivity contribution in [3.05, 3.63) is 0 Å². The lowest BCUT2D eigenvalue weighted by Gasteiger charge is -2.30. The van der Waals surface area contributed by atoms with E-state index in [0.29, 0.717) is 26.2 Å². The van der Waals surface area contributed by atoms with Crippen LogP contribution in [-0.2, 0) is 15.1 Å². The summed E-state index contributed by atoms with van der Waals surface area (Å²) in [6.45, 7) is 2.50. The van der Waals surface area contributed by atoms with Gasteiger partial charge in [0.05, 0.1) is 5.37 Å². The lowest BCUT2D eigenvalue weighted by atomic mass is 10.2. The zero-order valence-electron chi connectivity index (χ0n) is 8.01. The van der Waals surface area contributed by atoms with Crippen LogP contribution in [0.25, 0.3) is 0 Å². The Morgan fingerprint density at radius 1 is 1.47 bits per heavy atom. The molecule has 1 aliphatic heterocycles. The summed E-state index contributed by atoms with van der Waals surface area (Å²) in [6.07, 6.45) is 0. The van der Waals surface area contributed by atoms with Crippen LogP contribution in [0.1, 0.15) is 0 Å². The van der Waals surface area contributed by atoms with Crippen molar-refractivity contribution >= 4 is 21.6 Å². The third kappa shape index (κ3) is 3.59. The molecule has 8 heteroatoms. The summed E-state index contributed by atoms with van der Waals surface area (Å²) >= 11 is 0. The molecule has 0 radical (unpaired) electrons. The van der Waals surface area contributed by atoms with E-state index in [1.54, 1.807) is 4.90 Å². The number of hydroxylamine groups is 1. The van der Waals surface area contributed by atoms with E-state index in [1.807, 2.05) is 0 Å². The predicted molar refractivity (Wildman–Crippen MR) is 53.1 cm³/mol. The molecule has 7 nitrogen and oxygen atoms in total. The Bertz CT molecular complexity index is 339. The summed E-state index contributed by atoms with van der Waals surface area (Å²) in [5.74, 6) is -0.735. The summed E-state index contributed by atoms with van der Waals surface area (Å²) in [7, 11) is -2.43. The highest BCUT2D eigenvalue weighted by Gasteiger charge is 2.25. The number of nitrogens with zero attached hydrogens (tertiary/aromatic N) is 1. The normalized spacial score (nSPS) is 19.3. The first-order valence-corrected chi connectivity index (χ1v) is 5.60. The number of carbonyl (C=O) groups excluding carboxylic acids is 1. The lowest BCUT2D eigenvalue weighted by Crippen LogP contribution is -2.54. The van der Waals surface area contributed by atoms with Gasteiger partial charge < -0.3 is 5.32 Å². The number of amides is 1. The highest BCUT2D eigenvalue weighted by molar-refractivity contribution is 7.71. The van der Waals surface area contributed by atoms with E-state index in [9.17, 15) is 13.2 Å². The molecule has 0 bridgehead atoms. The lowest BCUT2D eigenvalue weighted by molar-refractivity contribution is -0.132. The largest absolute Gasteiger partial charge is 0.314 e. The molecule has 0 aromatic rings. The topological polar surface area (TPSA) is 98.7 Å². The Morgan fingerprint density at radius 2 is 2.07 bits per heavy atom. The van der Waals surface area contributed by atoms with Crippen LogP contribution in [0.5, 0.6) is 0 Å². The minimum absolute atomic E-state index is 0.561. The van der Waals surface area contributed by atoms with E-state index in [2.05, 4.69) is 5.32 Å². The van der Waals surface area contributed by atoms with Gasteiger partial charge in [-0.2, -0.15) is 8.42 Å². The molecular weight excluding hydrogens is 222 g/mol. The van der Waals surface area contributed by atoms with E-state index in [0.717, 1.165) is 5.37 Å². The van der Waals surface area contributed by atoms with E-state index >= 15 is 0 Å². The molecule has 0 aromatic heterocycles. The molecule has 15 heavy (non-hydrogen) atoms. The number of rotatable bonds is 3. The van der Waals surface area contributed by atoms with Crippen molar-refractivity contribution in [2.75, 3.05) is 26.2 Å². The summed E-state index contributed by atoms with van der Waals surface area (Å²) in [4.78, 5) is 12.9. The Hall–Kier alpha value is -0.960. The molecule has 3 N–H and O–H groups in total. The van der Waals surface area contributed by atoms with Crippen molar-refractivity contribution in [2.24, 2.45) is 0 Å². The molecule has 0 aliphatic carbocycles. The molecule has 1 rings (SSSR count). The molecule has 0 saturated carbocycles. The van der Waals surface area contributed by atoms with Crippen LogP contribution in [0.2, 0.25) is 0 Å². The van der Waals surface area contributed by atoms with Gasteiger partial charge in [0.15, 0.2) is 0 Å². The summed E-state index contributed by atoms with van der Waals surface area (Å²) in [5.41, 5.74) is 1.46. The maximum Gasteiger partial charge on any atom is 0.265 e. The summed E-state index contributed by atoms with van der Waals surface area (Å²) in [5, 5.41) is 12.4. The van der Waals surface area contributed by atoms with Gasteiger partial charge in [0.25, 0.3) is 5.91 Å². The highest BCUT2D eigenvalue weighted by atomic mass is 32.2. The maximum absolute atomic E-state index is 11.2. The average Bonchev–Trinajstić information content (AvgIpc) is 2.26. The van der Waals surface area contributed by atoms with Gasteiger partial charge in [0, 0.05) is 26.2 Å². The Kier molecular flexibility index (Phi) is 4.69. The third-order valence-electron chi connectivity index (χ3n) is 2.16. The molecule has 1 amide bonds. The molecule has 1 atom stereocenters. The second kappa shape index (κ2) is 5.81. The minimum Gasteiger partial charge on any atom is -0.314 e. The average molecular weight is 235 g/mol. The van der Waals surface area contributed by atoms with Crippen LogP contribution in [0.3, 0.4) is 0 Å². The summed E-state index contributed by atoms with van der Waals surface area (Å²) < 4.78 is 21.0. The zero-order valence-corrected chi connectivity index (χ0v) is 8.83. The first-order chi connectivity index (χ1) is 7.15. The zero-order chi connectivity index (χ0) is 11.3. The minimum atomic E-state index is -2.43. The number of carbonyl (C=O) groups is 1. The fourth-order valence-corrected chi connectivity index (χ4v) is 1.95. The van der Waals surface area contributed by atoms with Crippen LogP contribution >= 0.6 is 0 Å². The van der Waals surface area contributed by atoms with Gasteiger partial charge in [0.2, 0.25) is 10.3 Å². The van der Waals surface area contributed by atoms with E-state index in [1.165, 1.54) is 5.48 Å². The van der Waals surface area contributed by atoms with Crippen LogP contribution in [0.15, 0.2) is 0 Å². The molecule has 1 fully saturated rings. The van der Waals surface area contributed by atoms with Crippen LogP contribution in [0, 0.1) is 0 Å². The Balaban J connectivity index is 2.79. The monoisotopic (exact) mass is 235 g/mol. The van der Waals surface area contributed by atoms with Gasteiger partial charge >= 0.3 is 0 Å². The molecule has 1 heterocycles. The van der Waals surface area contributed by atoms with Gasteiger partial charge in [-0.1, -0.05) is 0 Å². The molecule has 0 aromatic carbocycles. The Labute approximate surface area is 88.6 Å². The van der Waals surface area contributed by atoms with Crippen molar-refractivity contribution in [3.8, 4) is 0 Å². The van der Waals surface area contributed by atoms with Gasteiger partial charge in [-0.25, -0.2) is 5.48 Å². The second-order valence-electron chi connectivity index (χ2n) is 3.10. The molecule has 86 valence electrons. The third-order valence-corrected chi connectivity index (χ3v) is 2.64. The molecular formula is C7H13N3O4S. The fourth-order valence-electron chi connectivity index (χ4n) is 1.45. The fraction of sp³-hybridized carbons (Fsp3) is 0.714. The van der Waals surface area contributed by atoms with Crippen LogP contribution in [-0.4, -0.2) is 62.0 Å². The standard InChI is InChI=1S/C7H13N3O4S/c11-7(9-12)6(5-15(13)14)10-3-1-8-2-4-10/h5-6,8,12H,1-4H2,(H,9,11). The first kappa shape index (κ1) is 12.1. The highest BCUT2D eigenvalue weighted by Crippen LogP contribution is 1.99. The van der Waals surface area contributed by atoms with Crippen molar-refractivity contribution in [1.82, 2.24) is 15.7 Å². The van der Waals surface area contributed by atoms with Gasteiger partial charge in [-0.3, -0.25) is 14.9 Å². The molecule has 1 unspecified atom stereocenters. The predicted octanol–water partition coefficient (Wildman–Crippen LogP) is -2.55. The molecule has 1 saturated heterocycles. The second-order valence-corrected chi connectivity index (χ2v) is 3.90. The number of hydrogen-bond acceptors (Lipinski definition) is 6. The quantitative estimate of drug-likeness (QED) is 0.283. The van der Waals surface area contributed by atoms with Crippen molar-refractivity contribution in [2.45, 2.75) is 6.04 Å². The van der Waals surface area contributed by atoms with Crippen LogP contribution in [0.4, 0.5) is 0 Å². The van der Waals surface area contributed by atoms with E-state index in [-0.39, 0.29) is 0 Å². The molecule has 1 aliphatic rings. The number of nitrogens with one attached hydrogen (secondary N) is 2. The van der Waals surface area contributed by atoms with Gasteiger partial charge in [-0.05, 0) is 0 Å².